The van der Waals surface area contributed by atoms with Crippen molar-refractivity contribution < 1.29 is 24.1 Å². The van der Waals surface area contributed by atoms with E-state index in [1.165, 1.54) is 36.4 Å². The van der Waals surface area contributed by atoms with E-state index in [0.29, 0.717) is 4.88 Å². The molecule has 1 aromatic carbocycles. The van der Waals surface area contributed by atoms with Crippen molar-refractivity contribution in [3.05, 3.63) is 61.5 Å². The Balaban J connectivity index is 1.87. The molecule has 0 radical (unpaired) electrons. The zero-order valence-electron chi connectivity index (χ0n) is 10.8. The lowest BCUT2D eigenvalue weighted by molar-refractivity contribution is -0.384. The van der Waals surface area contributed by atoms with Crippen molar-refractivity contribution in [2.45, 2.75) is 6.61 Å². The smallest absolute Gasteiger partial charge is 0.428 e. The number of rotatable bonds is 5. The van der Waals surface area contributed by atoms with Crippen molar-refractivity contribution in [2.75, 3.05) is 0 Å². The molecule has 0 aliphatic rings. The Kier molecular flexibility index (Phi) is 4.63. The lowest BCUT2D eigenvalue weighted by atomic mass is 10.3. The molecule has 22 heavy (non-hydrogen) atoms. The second-order valence-electron chi connectivity index (χ2n) is 3.89. The minimum atomic E-state index is -1.01. The maximum atomic E-state index is 11.4. The molecule has 114 valence electrons. The van der Waals surface area contributed by atoms with E-state index in [1.54, 1.807) is 0 Å². The van der Waals surface area contributed by atoms with Crippen LogP contribution in [0.25, 0.3) is 0 Å². The molecule has 0 atom stereocenters. The monoisotopic (exact) mass is 324 g/mol. The lowest BCUT2D eigenvalue weighted by Crippen LogP contribution is -2.09. The summed E-state index contributed by atoms with van der Waals surface area (Å²) in [5.41, 5.74) is -0.133. The fourth-order valence-electron chi connectivity index (χ4n) is 1.43. The number of thiophene rings is 1. The Hall–Kier alpha value is -3.01. The van der Waals surface area contributed by atoms with Crippen LogP contribution in [0.5, 0.6) is 5.75 Å². The first-order valence-electron chi connectivity index (χ1n) is 5.78. The molecule has 0 saturated carbocycles. The predicted molar refractivity (Wildman–Crippen MR) is 74.9 cm³/mol. The largest absolute Gasteiger partial charge is 0.514 e. The molecule has 1 heterocycles. The molecule has 0 spiro atoms. The van der Waals surface area contributed by atoms with Gasteiger partial charge in [-0.1, -0.05) is 11.3 Å². The number of nitro benzene ring substituents is 1. The van der Waals surface area contributed by atoms with Crippen molar-refractivity contribution in [1.29, 1.82) is 0 Å². The van der Waals surface area contributed by atoms with Crippen molar-refractivity contribution in [1.82, 2.24) is 0 Å². The van der Waals surface area contributed by atoms with Gasteiger partial charge in [0, 0.05) is 23.1 Å². The minimum Gasteiger partial charge on any atom is -0.428 e. The Morgan fingerprint density at radius 3 is 2.27 bits per heavy atom. The van der Waals surface area contributed by atoms with Gasteiger partial charge in [-0.3, -0.25) is 20.2 Å². The summed E-state index contributed by atoms with van der Waals surface area (Å²) in [5.74, 6) is 0.0905. The van der Waals surface area contributed by atoms with Crippen LogP contribution in [-0.2, 0) is 11.3 Å². The van der Waals surface area contributed by atoms with Crippen LogP contribution in [0.4, 0.5) is 15.5 Å². The normalized spacial score (nSPS) is 10.0. The van der Waals surface area contributed by atoms with E-state index in [0.717, 1.165) is 11.3 Å². The van der Waals surface area contributed by atoms with Crippen LogP contribution in [-0.4, -0.2) is 16.0 Å². The molecule has 1 aromatic heterocycles. The third-order valence-corrected chi connectivity index (χ3v) is 3.42. The summed E-state index contributed by atoms with van der Waals surface area (Å²) < 4.78 is 9.61. The quantitative estimate of drug-likeness (QED) is 0.358. The van der Waals surface area contributed by atoms with Gasteiger partial charge >= 0.3 is 11.2 Å². The Labute approximate surface area is 127 Å². The highest BCUT2D eigenvalue weighted by Gasteiger charge is 2.13. The third-order valence-electron chi connectivity index (χ3n) is 2.41. The van der Waals surface area contributed by atoms with E-state index in [-0.39, 0.29) is 23.0 Å². The number of benzene rings is 1. The summed E-state index contributed by atoms with van der Waals surface area (Å²) in [7, 11) is 0. The van der Waals surface area contributed by atoms with Gasteiger partial charge in [0.15, 0.2) is 0 Å². The Morgan fingerprint density at radius 2 is 1.73 bits per heavy atom. The van der Waals surface area contributed by atoms with E-state index >= 15 is 0 Å². The molecule has 0 bridgehead atoms. The number of ether oxygens (including phenoxy) is 2. The molecule has 2 rings (SSSR count). The first-order valence-corrected chi connectivity index (χ1v) is 6.59. The van der Waals surface area contributed by atoms with Crippen LogP contribution >= 0.6 is 11.3 Å². The fraction of sp³-hybridized carbons (Fsp3) is 0.0833. The standard InChI is InChI=1S/C12H8N2O7S/c15-12(20-7-10-5-6-11(22-10)14(18)19)21-9-3-1-8(2-4-9)13(16)17/h1-6H,7H2. The molecule has 0 unspecified atom stereocenters. The summed E-state index contributed by atoms with van der Waals surface area (Å²) in [5, 5.41) is 20.9. The number of hydrogen-bond acceptors (Lipinski definition) is 8. The molecular formula is C12H8N2O7S. The first-order chi connectivity index (χ1) is 10.5. The number of nitro groups is 2. The summed E-state index contributed by atoms with van der Waals surface area (Å²) in [6.07, 6.45) is -1.01. The van der Waals surface area contributed by atoms with Crippen molar-refractivity contribution in [2.24, 2.45) is 0 Å². The van der Waals surface area contributed by atoms with Crippen LogP contribution in [0, 0.1) is 20.2 Å². The fourth-order valence-corrected chi connectivity index (χ4v) is 2.17. The first kappa shape index (κ1) is 15.4. The predicted octanol–water partition coefficient (Wildman–Crippen LogP) is 3.28. The molecule has 0 aliphatic heterocycles. The van der Waals surface area contributed by atoms with Crippen molar-refractivity contribution in [3.63, 3.8) is 0 Å². The van der Waals surface area contributed by atoms with E-state index in [1.807, 2.05) is 0 Å². The lowest BCUT2D eigenvalue weighted by Gasteiger charge is -2.04. The van der Waals surface area contributed by atoms with Crippen LogP contribution in [0.3, 0.4) is 0 Å². The van der Waals surface area contributed by atoms with Gasteiger partial charge in [-0.15, -0.1) is 0 Å². The molecule has 0 N–H and O–H groups in total. The molecule has 10 heteroatoms. The van der Waals surface area contributed by atoms with Crippen LogP contribution in [0.15, 0.2) is 36.4 Å². The van der Waals surface area contributed by atoms with Gasteiger partial charge in [0.25, 0.3) is 5.69 Å². The second-order valence-corrected chi connectivity index (χ2v) is 5.04. The maximum absolute atomic E-state index is 11.4. The Morgan fingerprint density at radius 1 is 1.05 bits per heavy atom. The van der Waals surface area contributed by atoms with Crippen molar-refractivity contribution >= 4 is 28.2 Å². The molecule has 2 aromatic rings. The minimum absolute atomic E-state index is 0.0534. The summed E-state index contributed by atoms with van der Waals surface area (Å²) in [4.78, 5) is 31.8. The highest BCUT2D eigenvalue weighted by Crippen LogP contribution is 2.24. The van der Waals surface area contributed by atoms with Gasteiger partial charge in [0.1, 0.15) is 12.4 Å². The molecule has 0 aliphatic carbocycles. The molecule has 9 nitrogen and oxygen atoms in total. The third kappa shape index (κ3) is 3.99. The van der Waals surface area contributed by atoms with Crippen LogP contribution in [0.1, 0.15) is 4.88 Å². The second kappa shape index (κ2) is 6.63. The number of carbonyl (C=O) groups excluding carboxylic acids is 1. The summed E-state index contributed by atoms with van der Waals surface area (Å²) in [6.45, 7) is -0.162. The highest BCUT2D eigenvalue weighted by atomic mass is 32.1. The van der Waals surface area contributed by atoms with Gasteiger partial charge in [0.05, 0.1) is 9.85 Å². The highest BCUT2D eigenvalue weighted by molar-refractivity contribution is 7.15. The maximum Gasteiger partial charge on any atom is 0.514 e. The van der Waals surface area contributed by atoms with E-state index in [2.05, 4.69) is 0 Å². The summed E-state index contributed by atoms with van der Waals surface area (Å²) in [6, 6.07) is 7.67. The molecule has 0 saturated heterocycles. The molecular weight excluding hydrogens is 316 g/mol. The zero-order chi connectivity index (χ0) is 16.1. The number of carbonyl (C=O) groups is 1. The zero-order valence-corrected chi connectivity index (χ0v) is 11.6. The van der Waals surface area contributed by atoms with Crippen LogP contribution in [0.2, 0.25) is 0 Å². The average Bonchev–Trinajstić information content (AvgIpc) is 2.95. The van der Waals surface area contributed by atoms with E-state index in [4.69, 9.17) is 9.47 Å². The van der Waals surface area contributed by atoms with E-state index in [9.17, 15) is 25.0 Å². The average molecular weight is 324 g/mol. The van der Waals surface area contributed by atoms with Gasteiger partial charge < -0.3 is 9.47 Å². The molecule has 0 amide bonds. The summed E-state index contributed by atoms with van der Waals surface area (Å²) >= 11 is 0.888. The topological polar surface area (TPSA) is 122 Å². The molecule has 0 fully saturated rings. The van der Waals surface area contributed by atoms with Crippen LogP contribution < -0.4 is 4.74 Å². The van der Waals surface area contributed by atoms with Crippen molar-refractivity contribution in [3.8, 4) is 5.75 Å². The van der Waals surface area contributed by atoms with Gasteiger partial charge in [-0.25, -0.2) is 4.79 Å². The SMILES string of the molecule is O=C(OCc1ccc([N+](=O)[O-])s1)Oc1ccc([N+](=O)[O-])cc1. The van der Waals surface area contributed by atoms with Gasteiger partial charge in [-0.05, 0) is 18.2 Å². The van der Waals surface area contributed by atoms with Gasteiger partial charge in [0.2, 0.25) is 0 Å². The van der Waals surface area contributed by atoms with E-state index < -0.39 is 16.0 Å². The number of non-ortho nitro benzene ring substituents is 1. The van der Waals surface area contributed by atoms with Gasteiger partial charge in [-0.2, -0.15) is 0 Å². The Bertz CT molecular complexity index is 711. The number of nitrogens with zero attached hydrogens (tertiary/aromatic N) is 2. The number of hydrogen-bond donors (Lipinski definition) is 0.